The van der Waals surface area contributed by atoms with Crippen molar-refractivity contribution in [2.75, 3.05) is 16.3 Å². The van der Waals surface area contributed by atoms with Gasteiger partial charge in [0.25, 0.3) is 0 Å². The van der Waals surface area contributed by atoms with Crippen LogP contribution in [0, 0.1) is 0 Å². The summed E-state index contributed by atoms with van der Waals surface area (Å²) >= 11 is 0. The largest absolute Gasteiger partial charge is 0.453 e. The molecule has 4 aliphatic rings. The van der Waals surface area contributed by atoms with Crippen LogP contribution >= 0.6 is 0 Å². The zero-order valence-corrected chi connectivity index (χ0v) is 22.6. The summed E-state index contributed by atoms with van der Waals surface area (Å²) in [5, 5.41) is 6.88. The first-order chi connectivity index (χ1) is 20.7. The molecule has 1 atom stereocenters. The Morgan fingerprint density at radius 2 is 1.17 bits per heavy atom. The number of dihydropyridines is 1. The van der Waals surface area contributed by atoms with Crippen molar-refractivity contribution in [1.82, 2.24) is 10.6 Å². The van der Waals surface area contributed by atoms with Gasteiger partial charge in [-0.15, -0.1) is 0 Å². The molecule has 2 N–H and O–H groups in total. The second kappa shape index (κ2) is 9.54. The summed E-state index contributed by atoms with van der Waals surface area (Å²) in [6, 6.07) is 31.4. The molecule has 4 aromatic rings. The average Bonchev–Trinajstić information content (AvgIpc) is 3.03. The molecule has 0 saturated heterocycles. The Hall–Kier alpha value is -5.53. The molecule has 0 saturated carbocycles. The molecule has 4 aliphatic heterocycles. The van der Waals surface area contributed by atoms with Gasteiger partial charge in [-0.2, -0.15) is 0 Å². The van der Waals surface area contributed by atoms with Crippen molar-refractivity contribution in [1.29, 1.82) is 0 Å². The van der Waals surface area contributed by atoms with E-state index < -0.39 is 6.17 Å². The molecule has 0 aliphatic carbocycles. The third-order valence-corrected chi connectivity index (χ3v) is 7.86. The second-order valence-electron chi connectivity index (χ2n) is 10.3. The van der Waals surface area contributed by atoms with Gasteiger partial charge in [0.1, 0.15) is 6.17 Å². The third-order valence-electron chi connectivity index (χ3n) is 7.86. The SMILES string of the molecule is C=C1C(=O)C2=C(N3c4ccccc4Oc4ccccc43)C=CNC2NCC=C1N1c2ccccc2Oc2ccccc21. The molecule has 204 valence electrons. The van der Waals surface area contributed by atoms with Crippen molar-refractivity contribution in [2.45, 2.75) is 6.17 Å². The number of benzene rings is 4. The maximum atomic E-state index is 14.7. The van der Waals surface area contributed by atoms with Crippen molar-refractivity contribution in [2.24, 2.45) is 0 Å². The van der Waals surface area contributed by atoms with Crippen LogP contribution in [0.4, 0.5) is 22.7 Å². The van der Waals surface area contributed by atoms with Gasteiger partial charge in [-0.3, -0.25) is 10.1 Å². The number of para-hydroxylation sites is 8. The smallest absolute Gasteiger partial charge is 0.196 e. The number of carbonyl (C=O) groups excluding carboxylic acids is 1. The summed E-state index contributed by atoms with van der Waals surface area (Å²) in [5.41, 5.74) is 5.85. The van der Waals surface area contributed by atoms with Crippen LogP contribution in [0.2, 0.25) is 0 Å². The van der Waals surface area contributed by atoms with Crippen LogP contribution in [0.3, 0.4) is 0 Å². The monoisotopic (exact) mass is 550 g/mol. The van der Waals surface area contributed by atoms with Crippen LogP contribution in [0.25, 0.3) is 0 Å². The standard InChI is InChI=1S/C35H26N4O3/c1-22-23(38-24-10-2-6-14-29(24)41-30-15-7-3-11-25(30)38)18-20-36-35-33(34(22)40)28(19-21-37-35)39-26-12-4-8-16-31(26)42-32-17-9-5-13-27(32)39/h2-19,21,35-37H,1,20H2. The van der Waals surface area contributed by atoms with Crippen LogP contribution in [-0.2, 0) is 4.79 Å². The molecule has 4 heterocycles. The number of carbonyl (C=O) groups is 1. The van der Waals surface area contributed by atoms with Gasteiger partial charge in [0.05, 0.1) is 39.7 Å². The highest BCUT2D eigenvalue weighted by molar-refractivity contribution is 6.14. The van der Waals surface area contributed by atoms with E-state index in [1.807, 2.05) is 115 Å². The van der Waals surface area contributed by atoms with E-state index in [0.717, 1.165) is 39.9 Å². The number of nitrogens with one attached hydrogen (secondary N) is 2. The van der Waals surface area contributed by atoms with E-state index in [1.165, 1.54) is 0 Å². The average molecular weight is 551 g/mol. The van der Waals surface area contributed by atoms with Gasteiger partial charge in [-0.05, 0) is 60.7 Å². The molecule has 42 heavy (non-hydrogen) atoms. The minimum Gasteiger partial charge on any atom is -0.453 e. The quantitative estimate of drug-likeness (QED) is 0.256. The first kappa shape index (κ1) is 24.3. The number of fused-ring (bicyclic) bond motifs is 5. The van der Waals surface area contributed by atoms with E-state index >= 15 is 0 Å². The summed E-state index contributed by atoms with van der Waals surface area (Å²) in [7, 11) is 0. The Bertz CT molecular complexity index is 1800. The summed E-state index contributed by atoms with van der Waals surface area (Å²) < 4.78 is 12.5. The fourth-order valence-electron chi connectivity index (χ4n) is 5.98. The van der Waals surface area contributed by atoms with Crippen molar-refractivity contribution in [3.05, 3.63) is 145 Å². The molecule has 0 spiro atoms. The lowest BCUT2D eigenvalue weighted by Crippen LogP contribution is -2.48. The van der Waals surface area contributed by atoms with Crippen LogP contribution in [-0.4, -0.2) is 18.5 Å². The third kappa shape index (κ3) is 3.68. The Kier molecular flexibility index (Phi) is 5.51. The van der Waals surface area contributed by atoms with E-state index in [0.29, 0.717) is 34.9 Å². The highest BCUT2D eigenvalue weighted by atomic mass is 16.5. The number of rotatable bonds is 2. The molecule has 0 bridgehead atoms. The highest BCUT2D eigenvalue weighted by Crippen LogP contribution is 2.51. The molecule has 0 amide bonds. The molecule has 7 heteroatoms. The molecular weight excluding hydrogens is 524 g/mol. The number of anilines is 4. The van der Waals surface area contributed by atoms with E-state index in [-0.39, 0.29) is 5.78 Å². The minimum absolute atomic E-state index is 0.159. The number of ether oxygens (including phenoxy) is 2. The number of ketones is 1. The number of allylic oxidation sites excluding steroid dienone is 2. The Morgan fingerprint density at radius 3 is 1.69 bits per heavy atom. The number of Topliss-reactive ketones (excluding diaryl/α,β-unsaturated/α-hetero) is 1. The highest BCUT2D eigenvalue weighted by Gasteiger charge is 2.37. The zero-order chi connectivity index (χ0) is 28.2. The first-order valence-corrected chi connectivity index (χ1v) is 13.9. The molecule has 1 unspecified atom stereocenters. The van der Waals surface area contributed by atoms with Crippen molar-refractivity contribution >= 4 is 28.5 Å². The summed E-state index contributed by atoms with van der Waals surface area (Å²) in [5.74, 6) is 2.72. The molecule has 8 rings (SSSR count). The fourth-order valence-corrected chi connectivity index (χ4v) is 5.98. The Morgan fingerprint density at radius 1 is 0.690 bits per heavy atom. The number of nitrogens with zero attached hydrogens (tertiary/aromatic N) is 2. The summed E-state index contributed by atoms with van der Waals surface area (Å²) in [6.45, 7) is 4.90. The Balaban J connectivity index is 1.29. The zero-order valence-electron chi connectivity index (χ0n) is 22.6. The lowest BCUT2D eigenvalue weighted by molar-refractivity contribution is -0.112. The minimum atomic E-state index is -0.418. The normalized spacial score (nSPS) is 18.6. The van der Waals surface area contributed by atoms with Gasteiger partial charge in [-0.1, -0.05) is 55.1 Å². The lowest BCUT2D eigenvalue weighted by Gasteiger charge is -2.39. The Labute approximate surface area is 243 Å². The molecule has 7 nitrogen and oxygen atoms in total. The molecular formula is C35H26N4O3. The maximum absolute atomic E-state index is 14.7. The van der Waals surface area contributed by atoms with Crippen molar-refractivity contribution in [3.8, 4) is 23.0 Å². The molecule has 0 aromatic heterocycles. The second-order valence-corrected chi connectivity index (χ2v) is 10.3. The summed E-state index contributed by atoms with van der Waals surface area (Å²) in [4.78, 5) is 18.8. The van der Waals surface area contributed by atoms with E-state index in [1.54, 1.807) is 0 Å². The van der Waals surface area contributed by atoms with Gasteiger partial charge in [0.2, 0.25) is 0 Å². The maximum Gasteiger partial charge on any atom is 0.196 e. The van der Waals surface area contributed by atoms with Crippen LogP contribution < -0.4 is 29.9 Å². The van der Waals surface area contributed by atoms with E-state index in [9.17, 15) is 4.79 Å². The van der Waals surface area contributed by atoms with Crippen LogP contribution in [0.15, 0.2) is 145 Å². The topological polar surface area (TPSA) is 66.1 Å². The van der Waals surface area contributed by atoms with Crippen molar-refractivity contribution < 1.29 is 14.3 Å². The van der Waals surface area contributed by atoms with Crippen molar-refractivity contribution in [3.63, 3.8) is 0 Å². The van der Waals surface area contributed by atoms with Gasteiger partial charge < -0.3 is 24.6 Å². The van der Waals surface area contributed by atoms with E-state index in [4.69, 9.17) is 9.47 Å². The lowest BCUT2D eigenvalue weighted by atomic mass is 9.92. The van der Waals surface area contributed by atoms with Crippen LogP contribution in [0.5, 0.6) is 23.0 Å². The molecule has 0 radical (unpaired) electrons. The molecule has 4 aromatic carbocycles. The molecule has 0 fully saturated rings. The van der Waals surface area contributed by atoms with Gasteiger partial charge in [0, 0.05) is 18.3 Å². The first-order valence-electron chi connectivity index (χ1n) is 13.9. The predicted molar refractivity (Wildman–Crippen MR) is 164 cm³/mol. The predicted octanol–water partition coefficient (Wildman–Crippen LogP) is 7.18. The summed E-state index contributed by atoms with van der Waals surface area (Å²) in [6.07, 6.45) is 5.43. The number of hydrogen-bond acceptors (Lipinski definition) is 7. The van der Waals surface area contributed by atoms with Gasteiger partial charge >= 0.3 is 0 Å². The fraction of sp³-hybridized carbons (Fsp3) is 0.0571. The van der Waals surface area contributed by atoms with Crippen LogP contribution in [0.1, 0.15) is 0 Å². The van der Waals surface area contributed by atoms with E-state index in [2.05, 4.69) is 27.0 Å². The number of hydrogen-bond donors (Lipinski definition) is 2. The van der Waals surface area contributed by atoms with Gasteiger partial charge in [0.15, 0.2) is 28.8 Å². The van der Waals surface area contributed by atoms with Gasteiger partial charge in [-0.25, -0.2) is 0 Å².